The molecular formula is C15H17N3O2. The maximum Gasteiger partial charge on any atom is 0.421 e. The van der Waals surface area contributed by atoms with Gasteiger partial charge in [0, 0.05) is 18.7 Å². The van der Waals surface area contributed by atoms with Crippen LogP contribution in [0, 0.1) is 0 Å². The van der Waals surface area contributed by atoms with Gasteiger partial charge in [0.25, 0.3) is 0 Å². The number of fused-ring (bicyclic) bond motifs is 1. The van der Waals surface area contributed by atoms with Crippen molar-refractivity contribution in [2.45, 2.75) is 39.2 Å². The van der Waals surface area contributed by atoms with Crippen LogP contribution in [0.3, 0.4) is 0 Å². The third-order valence-corrected chi connectivity index (χ3v) is 3.69. The number of carbonyl (C=O) groups is 2. The molecule has 5 heteroatoms. The normalized spacial score (nSPS) is 17.1. The molecule has 20 heavy (non-hydrogen) atoms. The molecule has 0 N–H and O–H groups in total. The SMILES string of the molecule is CCC1CCc2ccccc2N1C(=O)C(=[N+]=[N-])C(C)=O. The summed E-state index contributed by atoms with van der Waals surface area (Å²) in [5, 5.41) is 0. The first kappa shape index (κ1) is 14.2. The Morgan fingerprint density at radius 2 is 2.10 bits per heavy atom. The van der Waals surface area contributed by atoms with Crippen LogP contribution in [-0.2, 0) is 16.0 Å². The lowest BCUT2D eigenvalue weighted by Gasteiger charge is -2.35. The Hall–Kier alpha value is -2.26. The Bertz CT molecular complexity index is 603. The molecule has 2 rings (SSSR count). The van der Waals surface area contributed by atoms with Crippen molar-refractivity contribution in [3.8, 4) is 0 Å². The van der Waals surface area contributed by atoms with Crippen LogP contribution < -0.4 is 4.90 Å². The number of Topliss-reactive ketones (excluding diaryl/α,β-unsaturated/α-hetero) is 1. The Kier molecular flexibility index (Phi) is 4.11. The third kappa shape index (κ3) is 2.40. The number of rotatable bonds is 3. The summed E-state index contributed by atoms with van der Waals surface area (Å²) in [5.41, 5.74) is 10.4. The molecule has 1 aromatic carbocycles. The minimum absolute atomic E-state index is 0.0218. The summed E-state index contributed by atoms with van der Waals surface area (Å²) in [4.78, 5) is 28.4. The van der Waals surface area contributed by atoms with E-state index in [1.807, 2.05) is 31.2 Å². The molecule has 0 radical (unpaired) electrons. The highest BCUT2D eigenvalue weighted by Crippen LogP contribution is 2.31. The van der Waals surface area contributed by atoms with Crippen LogP contribution in [0.15, 0.2) is 24.3 Å². The van der Waals surface area contributed by atoms with Gasteiger partial charge < -0.3 is 5.53 Å². The molecule has 1 aliphatic rings. The maximum absolute atomic E-state index is 12.5. The van der Waals surface area contributed by atoms with E-state index >= 15 is 0 Å². The molecule has 1 aliphatic heterocycles. The Balaban J connectivity index is 2.49. The monoisotopic (exact) mass is 271 g/mol. The molecule has 0 bridgehead atoms. The van der Waals surface area contributed by atoms with Crippen LogP contribution in [0.1, 0.15) is 32.3 Å². The fraction of sp³-hybridized carbons (Fsp3) is 0.400. The van der Waals surface area contributed by atoms with Gasteiger partial charge in [0.15, 0.2) is 0 Å². The van der Waals surface area contributed by atoms with E-state index in [9.17, 15) is 9.59 Å². The number of ketones is 1. The number of benzene rings is 1. The largest absolute Gasteiger partial charge is 0.421 e. The lowest BCUT2D eigenvalue weighted by Crippen LogP contribution is -2.48. The van der Waals surface area contributed by atoms with Crippen molar-refractivity contribution in [3.05, 3.63) is 35.4 Å². The summed E-state index contributed by atoms with van der Waals surface area (Å²) in [6, 6.07) is 7.66. The van der Waals surface area contributed by atoms with Gasteiger partial charge in [-0.2, -0.15) is 4.79 Å². The van der Waals surface area contributed by atoms with E-state index in [1.54, 1.807) is 4.90 Å². The van der Waals surface area contributed by atoms with Crippen LogP contribution >= 0.6 is 0 Å². The minimum Gasteiger partial charge on any atom is -0.360 e. The summed E-state index contributed by atoms with van der Waals surface area (Å²) in [6.07, 6.45) is 2.54. The third-order valence-electron chi connectivity index (χ3n) is 3.69. The van der Waals surface area contributed by atoms with Gasteiger partial charge in [0.1, 0.15) is 0 Å². The topological polar surface area (TPSA) is 73.8 Å². The number of anilines is 1. The molecule has 0 saturated heterocycles. The second-order valence-electron chi connectivity index (χ2n) is 4.91. The first-order valence-corrected chi connectivity index (χ1v) is 6.74. The minimum atomic E-state index is -0.532. The van der Waals surface area contributed by atoms with E-state index in [1.165, 1.54) is 6.92 Å². The smallest absolute Gasteiger partial charge is 0.360 e. The van der Waals surface area contributed by atoms with Gasteiger partial charge in [-0.3, -0.25) is 14.5 Å². The lowest BCUT2D eigenvalue weighted by atomic mass is 9.93. The Labute approximate surface area is 117 Å². The molecule has 1 aromatic rings. The zero-order valence-corrected chi connectivity index (χ0v) is 11.7. The second kappa shape index (κ2) is 5.80. The predicted octanol–water partition coefficient (Wildman–Crippen LogP) is 2.00. The van der Waals surface area contributed by atoms with Crippen LogP contribution in [0.2, 0.25) is 0 Å². The summed E-state index contributed by atoms with van der Waals surface area (Å²) in [7, 11) is 0. The fourth-order valence-electron chi connectivity index (χ4n) is 2.64. The second-order valence-corrected chi connectivity index (χ2v) is 4.91. The lowest BCUT2D eigenvalue weighted by molar-refractivity contribution is -0.123. The number of aryl methyl sites for hydroxylation is 1. The number of hydrogen-bond donors (Lipinski definition) is 0. The van der Waals surface area contributed by atoms with Crippen LogP contribution in [0.5, 0.6) is 0 Å². The summed E-state index contributed by atoms with van der Waals surface area (Å²) < 4.78 is 0. The molecule has 1 unspecified atom stereocenters. The molecule has 5 nitrogen and oxygen atoms in total. The highest BCUT2D eigenvalue weighted by molar-refractivity contribution is 6.65. The van der Waals surface area contributed by atoms with Gasteiger partial charge in [-0.05, 0) is 30.9 Å². The highest BCUT2D eigenvalue weighted by atomic mass is 16.2. The van der Waals surface area contributed by atoms with Gasteiger partial charge in [0.2, 0.25) is 5.78 Å². The van der Waals surface area contributed by atoms with Gasteiger partial charge >= 0.3 is 11.6 Å². The van der Waals surface area contributed by atoms with Crippen molar-refractivity contribution in [1.29, 1.82) is 0 Å². The standard InChI is InChI=1S/C15H17N3O2/c1-3-12-9-8-11-6-4-5-7-13(11)18(12)15(20)14(17-16)10(2)19/h4-7,12H,3,8-9H2,1-2H3. The Morgan fingerprint density at radius 3 is 2.70 bits per heavy atom. The van der Waals surface area contributed by atoms with Crippen molar-refractivity contribution in [1.82, 2.24) is 0 Å². The molecule has 0 aromatic heterocycles. The van der Waals surface area contributed by atoms with Gasteiger partial charge in [0.05, 0.1) is 0 Å². The van der Waals surface area contributed by atoms with Crippen molar-refractivity contribution >= 4 is 23.1 Å². The molecule has 104 valence electrons. The Morgan fingerprint density at radius 1 is 1.40 bits per heavy atom. The van der Waals surface area contributed by atoms with Gasteiger partial charge in [-0.1, -0.05) is 25.1 Å². The highest BCUT2D eigenvalue weighted by Gasteiger charge is 2.38. The summed E-state index contributed by atoms with van der Waals surface area (Å²) in [6.45, 7) is 3.23. The first-order valence-electron chi connectivity index (χ1n) is 6.74. The summed E-state index contributed by atoms with van der Waals surface area (Å²) >= 11 is 0. The average Bonchev–Trinajstić information content (AvgIpc) is 2.46. The van der Waals surface area contributed by atoms with Crippen molar-refractivity contribution in [2.24, 2.45) is 0 Å². The number of para-hydroxylation sites is 1. The molecule has 1 atom stereocenters. The quantitative estimate of drug-likeness (QED) is 0.365. The molecule has 1 amide bonds. The number of amides is 1. The average molecular weight is 271 g/mol. The number of hydrogen-bond acceptors (Lipinski definition) is 2. The molecular weight excluding hydrogens is 254 g/mol. The van der Waals surface area contributed by atoms with E-state index in [2.05, 4.69) is 4.79 Å². The molecule has 0 saturated carbocycles. The van der Waals surface area contributed by atoms with Crippen molar-refractivity contribution in [3.63, 3.8) is 0 Å². The van der Waals surface area contributed by atoms with E-state index < -0.39 is 17.4 Å². The maximum atomic E-state index is 12.5. The number of carbonyl (C=O) groups excluding carboxylic acids is 2. The van der Waals surface area contributed by atoms with Crippen LogP contribution in [-0.4, -0.2) is 28.2 Å². The number of nitrogens with zero attached hydrogens (tertiary/aromatic N) is 3. The van der Waals surface area contributed by atoms with E-state index in [4.69, 9.17) is 5.53 Å². The predicted molar refractivity (Wildman–Crippen MR) is 75.6 cm³/mol. The summed E-state index contributed by atoms with van der Waals surface area (Å²) in [5.74, 6) is -1.06. The van der Waals surface area contributed by atoms with Crippen LogP contribution in [0.4, 0.5) is 5.69 Å². The molecule has 0 fully saturated rings. The van der Waals surface area contributed by atoms with E-state index in [0.29, 0.717) is 0 Å². The van der Waals surface area contributed by atoms with Gasteiger partial charge in [-0.25, -0.2) is 0 Å². The van der Waals surface area contributed by atoms with E-state index in [0.717, 1.165) is 30.5 Å². The molecule has 0 spiro atoms. The molecule has 0 aliphatic carbocycles. The zero-order valence-electron chi connectivity index (χ0n) is 11.7. The van der Waals surface area contributed by atoms with Crippen molar-refractivity contribution in [2.75, 3.05) is 4.90 Å². The first-order chi connectivity index (χ1) is 9.60. The van der Waals surface area contributed by atoms with Gasteiger partial charge in [-0.15, -0.1) is 0 Å². The van der Waals surface area contributed by atoms with Crippen LogP contribution in [0.25, 0.3) is 5.53 Å². The molecule has 1 heterocycles. The van der Waals surface area contributed by atoms with Crippen molar-refractivity contribution < 1.29 is 14.4 Å². The fourth-order valence-corrected chi connectivity index (χ4v) is 2.64. The van der Waals surface area contributed by atoms with E-state index in [-0.39, 0.29) is 6.04 Å². The zero-order chi connectivity index (χ0) is 14.7.